The normalized spacial score (nSPS) is 10.6. The van der Waals surface area contributed by atoms with Gasteiger partial charge in [0.25, 0.3) is 0 Å². The first-order valence-corrected chi connectivity index (χ1v) is 5.86. The van der Waals surface area contributed by atoms with Crippen molar-refractivity contribution >= 4 is 10.9 Å². The zero-order chi connectivity index (χ0) is 13.2. The molecule has 0 atom stereocenters. The van der Waals surface area contributed by atoms with Crippen molar-refractivity contribution in [3.05, 3.63) is 48.8 Å². The Morgan fingerprint density at radius 1 is 1.00 bits per heavy atom. The molecule has 2 aromatic heterocycles. The minimum Gasteiger partial charge on any atom is -0.504 e. The molecular formula is C15H12N2O2. The summed E-state index contributed by atoms with van der Waals surface area (Å²) in [5, 5.41) is 10.7. The average Bonchev–Trinajstić information content (AvgIpc) is 2.48. The van der Waals surface area contributed by atoms with E-state index in [0.717, 1.165) is 16.8 Å². The van der Waals surface area contributed by atoms with Crippen molar-refractivity contribution in [2.24, 2.45) is 0 Å². The monoisotopic (exact) mass is 252 g/mol. The van der Waals surface area contributed by atoms with Gasteiger partial charge in [-0.05, 0) is 36.4 Å². The lowest BCUT2D eigenvalue weighted by atomic mass is 10.1. The summed E-state index contributed by atoms with van der Waals surface area (Å²) in [6.07, 6.45) is 3.46. The molecule has 3 rings (SSSR count). The lowest BCUT2D eigenvalue weighted by Gasteiger charge is -2.07. The van der Waals surface area contributed by atoms with Gasteiger partial charge in [-0.25, -0.2) is 4.98 Å². The Labute approximate surface area is 110 Å². The van der Waals surface area contributed by atoms with Crippen molar-refractivity contribution in [1.82, 2.24) is 9.97 Å². The highest BCUT2D eigenvalue weighted by Gasteiger charge is 2.08. The van der Waals surface area contributed by atoms with Gasteiger partial charge in [0.2, 0.25) is 0 Å². The van der Waals surface area contributed by atoms with Gasteiger partial charge in [-0.3, -0.25) is 4.98 Å². The number of phenols is 1. The van der Waals surface area contributed by atoms with Gasteiger partial charge in [0, 0.05) is 23.3 Å². The molecule has 0 saturated heterocycles. The predicted octanol–water partition coefficient (Wildman–Crippen LogP) is 3.01. The molecule has 1 N–H and O–H groups in total. The Balaban J connectivity index is 2.18. The van der Waals surface area contributed by atoms with Crippen molar-refractivity contribution in [3.8, 4) is 22.8 Å². The topological polar surface area (TPSA) is 55.2 Å². The van der Waals surface area contributed by atoms with Crippen LogP contribution in [0.4, 0.5) is 0 Å². The molecule has 0 aliphatic rings. The number of fused-ring (bicyclic) bond motifs is 1. The van der Waals surface area contributed by atoms with Crippen LogP contribution >= 0.6 is 0 Å². The molecule has 0 radical (unpaired) electrons. The second-order valence-electron chi connectivity index (χ2n) is 4.12. The molecule has 4 nitrogen and oxygen atoms in total. The van der Waals surface area contributed by atoms with Gasteiger partial charge in [-0.15, -0.1) is 0 Å². The van der Waals surface area contributed by atoms with E-state index in [1.165, 1.54) is 7.11 Å². The maximum Gasteiger partial charge on any atom is 0.167 e. The quantitative estimate of drug-likeness (QED) is 0.761. The fourth-order valence-electron chi connectivity index (χ4n) is 2.02. The molecule has 0 aliphatic heterocycles. The molecule has 0 spiro atoms. The molecular weight excluding hydrogens is 240 g/mol. The van der Waals surface area contributed by atoms with E-state index in [0.29, 0.717) is 11.1 Å². The number of methoxy groups -OCH3 is 1. The first-order valence-electron chi connectivity index (χ1n) is 5.86. The summed E-state index contributed by atoms with van der Waals surface area (Å²) in [6, 6.07) is 11.1. The van der Waals surface area contributed by atoms with E-state index >= 15 is 0 Å². The number of pyridine rings is 2. The summed E-state index contributed by atoms with van der Waals surface area (Å²) in [6.45, 7) is 0. The van der Waals surface area contributed by atoms with Crippen LogP contribution in [0.25, 0.3) is 22.2 Å². The Morgan fingerprint density at radius 2 is 1.79 bits per heavy atom. The summed E-state index contributed by atoms with van der Waals surface area (Å²) in [5.74, 6) is 0.569. The number of hydrogen-bond acceptors (Lipinski definition) is 4. The molecule has 3 aromatic rings. The molecule has 4 heteroatoms. The van der Waals surface area contributed by atoms with Crippen LogP contribution in [0, 0.1) is 0 Å². The summed E-state index contributed by atoms with van der Waals surface area (Å²) in [7, 11) is 1.53. The fourth-order valence-corrected chi connectivity index (χ4v) is 2.02. The second kappa shape index (κ2) is 4.57. The Bertz CT molecular complexity index is 727. The highest BCUT2D eigenvalue weighted by atomic mass is 16.5. The van der Waals surface area contributed by atoms with Crippen molar-refractivity contribution in [1.29, 1.82) is 0 Å². The van der Waals surface area contributed by atoms with E-state index < -0.39 is 0 Å². The smallest absolute Gasteiger partial charge is 0.167 e. The van der Waals surface area contributed by atoms with Crippen LogP contribution in [0.2, 0.25) is 0 Å². The largest absolute Gasteiger partial charge is 0.504 e. The molecule has 1 aromatic carbocycles. The summed E-state index contributed by atoms with van der Waals surface area (Å²) in [4.78, 5) is 8.52. The van der Waals surface area contributed by atoms with Gasteiger partial charge in [0.1, 0.15) is 0 Å². The van der Waals surface area contributed by atoms with Crippen LogP contribution in [0.15, 0.2) is 48.8 Å². The maximum absolute atomic E-state index is 10.0. The lowest BCUT2D eigenvalue weighted by molar-refractivity contribution is 0.376. The number of aromatic hydroxyl groups is 1. The lowest BCUT2D eigenvalue weighted by Crippen LogP contribution is -1.88. The standard InChI is InChI=1S/C15H12N2O2/c1-19-14-5-4-13-11(15(14)18)2-3-12(17-13)10-6-8-16-9-7-10/h2-9,18H,1H3. The third-order valence-electron chi connectivity index (χ3n) is 3.00. The van der Waals surface area contributed by atoms with Crippen molar-refractivity contribution in [2.45, 2.75) is 0 Å². The Kier molecular flexibility index (Phi) is 2.76. The van der Waals surface area contributed by atoms with E-state index in [4.69, 9.17) is 4.74 Å². The third kappa shape index (κ3) is 1.97. The summed E-state index contributed by atoms with van der Waals surface area (Å²) < 4.78 is 5.08. The first-order chi connectivity index (χ1) is 9.29. The van der Waals surface area contributed by atoms with Gasteiger partial charge in [-0.1, -0.05) is 0 Å². The van der Waals surface area contributed by atoms with Gasteiger partial charge in [-0.2, -0.15) is 0 Å². The number of rotatable bonds is 2. The van der Waals surface area contributed by atoms with E-state index in [9.17, 15) is 5.11 Å². The van der Waals surface area contributed by atoms with Crippen LogP contribution in [-0.4, -0.2) is 22.2 Å². The predicted molar refractivity (Wildman–Crippen MR) is 73.2 cm³/mol. The molecule has 19 heavy (non-hydrogen) atoms. The van der Waals surface area contributed by atoms with Gasteiger partial charge < -0.3 is 9.84 Å². The number of aromatic nitrogens is 2. The van der Waals surface area contributed by atoms with Crippen molar-refractivity contribution < 1.29 is 9.84 Å². The second-order valence-corrected chi connectivity index (χ2v) is 4.12. The molecule has 0 amide bonds. The zero-order valence-corrected chi connectivity index (χ0v) is 10.4. The van der Waals surface area contributed by atoms with Crippen molar-refractivity contribution in [3.63, 3.8) is 0 Å². The first kappa shape index (κ1) is 11.5. The molecule has 0 saturated carbocycles. The van der Waals surface area contributed by atoms with Crippen LogP contribution in [0.5, 0.6) is 11.5 Å². The Hall–Kier alpha value is -2.62. The molecule has 0 fully saturated rings. The average molecular weight is 252 g/mol. The molecule has 0 bridgehead atoms. The number of benzene rings is 1. The Morgan fingerprint density at radius 3 is 2.53 bits per heavy atom. The third-order valence-corrected chi connectivity index (χ3v) is 3.00. The van der Waals surface area contributed by atoms with E-state index in [-0.39, 0.29) is 5.75 Å². The summed E-state index contributed by atoms with van der Waals surface area (Å²) >= 11 is 0. The fraction of sp³-hybridized carbons (Fsp3) is 0.0667. The molecule has 94 valence electrons. The van der Waals surface area contributed by atoms with Crippen molar-refractivity contribution in [2.75, 3.05) is 7.11 Å². The van der Waals surface area contributed by atoms with Gasteiger partial charge in [0.05, 0.1) is 18.3 Å². The highest BCUT2D eigenvalue weighted by Crippen LogP contribution is 2.34. The maximum atomic E-state index is 10.0. The van der Waals surface area contributed by atoms with Crippen LogP contribution in [0.1, 0.15) is 0 Å². The number of hydrogen-bond donors (Lipinski definition) is 1. The molecule has 2 heterocycles. The number of nitrogens with zero attached hydrogens (tertiary/aromatic N) is 2. The number of ether oxygens (including phenoxy) is 1. The molecule has 0 aliphatic carbocycles. The van der Waals surface area contributed by atoms with Crippen LogP contribution < -0.4 is 4.74 Å². The van der Waals surface area contributed by atoms with Gasteiger partial charge in [0.15, 0.2) is 11.5 Å². The summed E-state index contributed by atoms with van der Waals surface area (Å²) in [5.41, 5.74) is 2.57. The van der Waals surface area contributed by atoms with E-state index in [1.807, 2.05) is 30.3 Å². The minimum absolute atomic E-state index is 0.119. The minimum atomic E-state index is 0.119. The SMILES string of the molecule is COc1ccc2nc(-c3ccncc3)ccc2c1O. The van der Waals surface area contributed by atoms with Crippen LogP contribution in [0.3, 0.4) is 0 Å². The van der Waals surface area contributed by atoms with E-state index in [2.05, 4.69) is 9.97 Å². The van der Waals surface area contributed by atoms with E-state index in [1.54, 1.807) is 18.5 Å². The number of phenolic OH excluding ortho intramolecular Hbond substituents is 1. The highest BCUT2D eigenvalue weighted by molar-refractivity contribution is 5.89. The van der Waals surface area contributed by atoms with Gasteiger partial charge >= 0.3 is 0 Å². The van der Waals surface area contributed by atoms with Crippen LogP contribution in [-0.2, 0) is 0 Å². The zero-order valence-electron chi connectivity index (χ0n) is 10.4. The molecule has 0 unspecified atom stereocenters.